The maximum Gasteiger partial charge on any atom is 0.283 e. The molecule has 1 aliphatic rings. The Morgan fingerprint density at radius 3 is 2.71 bits per heavy atom. The largest absolute Gasteiger partial charge is 0.350 e. The minimum Gasteiger partial charge on any atom is -0.350 e. The van der Waals surface area contributed by atoms with Crippen LogP contribution in [0, 0.1) is 6.92 Å². The van der Waals surface area contributed by atoms with Crippen molar-refractivity contribution < 1.29 is 13.6 Å². The predicted molar refractivity (Wildman–Crippen MR) is 86.7 cm³/mol. The average molecular weight is 402 g/mol. The Morgan fingerprint density at radius 2 is 2.17 bits per heavy atom. The Kier molecular flexibility index (Phi) is 4.71. The van der Waals surface area contributed by atoms with Crippen LogP contribution in [0.25, 0.3) is 0 Å². The first-order valence-corrected chi connectivity index (χ1v) is 8.46. The van der Waals surface area contributed by atoms with E-state index in [-0.39, 0.29) is 24.1 Å². The number of carbonyl (C=O) groups excluding carboxylic acids is 1. The third-order valence-corrected chi connectivity index (χ3v) is 4.82. The van der Waals surface area contributed by atoms with Gasteiger partial charge >= 0.3 is 0 Å². The van der Waals surface area contributed by atoms with Gasteiger partial charge in [-0.15, -0.1) is 0 Å². The van der Waals surface area contributed by atoms with E-state index in [0.29, 0.717) is 16.7 Å². The van der Waals surface area contributed by atoms with Crippen LogP contribution in [0.2, 0.25) is 0 Å². The Hall–Kier alpha value is -1.77. The minimum absolute atomic E-state index is 0.0730. The van der Waals surface area contributed by atoms with Gasteiger partial charge < -0.3 is 5.32 Å². The quantitative estimate of drug-likeness (QED) is 0.809. The van der Waals surface area contributed by atoms with Gasteiger partial charge in [0.25, 0.3) is 6.43 Å². The first kappa shape index (κ1) is 17.1. The fourth-order valence-electron chi connectivity index (χ4n) is 2.69. The monoisotopic (exact) mass is 401 g/mol. The molecule has 0 spiro atoms. The van der Waals surface area contributed by atoms with Crippen molar-refractivity contribution in [3.8, 4) is 0 Å². The normalized spacial score (nSPS) is 14.4. The summed E-state index contributed by atoms with van der Waals surface area (Å²) in [7, 11) is 1.81. The van der Waals surface area contributed by atoms with Crippen molar-refractivity contribution in [1.29, 1.82) is 0 Å². The van der Waals surface area contributed by atoms with Crippen molar-refractivity contribution >= 4 is 21.8 Å². The molecule has 9 heteroatoms. The van der Waals surface area contributed by atoms with Crippen molar-refractivity contribution in [2.24, 2.45) is 7.05 Å². The Morgan fingerprint density at radius 1 is 1.46 bits per heavy atom. The molecular formula is C15H18BrF2N5O. The molecule has 0 aromatic carbocycles. The fraction of sp³-hybridized carbons (Fsp3) is 0.533. The molecule has 24 heavy (non-hydrogen) atoms. The number of aryl methyl sites for hydroxylation is 2. The number of alkyl halides is 2. The molecular weight excluding hydrogens is 384 g/mol. The fourth-order valence-corrected chi connectivity index (χ4v) is 3.47. The smallest absolute Gasteiger partial charge is 0.283 e. The van der Waals surface area contributed by atoms with Gasteiger partial charge in [0.2, 0.25) is 5.91 Å². The molecule has 0 atom stereocenters. The molecule has 2 aromatic heterocycles. The Labute approximate surface area is 146 Å². The lowest BCUT2D eigenvalue weighted by atomic mass is 10.2. The van der Waals surface area contributed by atoms with Crippen molar-refractivity contribution in [1.82, 2.24) is 24.9 Å². The third-order valence-electron chi connectivity index (χ3n) is 4.01. The number of nitrogens with one attached hydrogen (secondary N) is 1. The summed E-state index contributed by atoms with van der Waals surface area (Å²) < 4.78 is 29.5. The molecule has 130 valence electrons. The molecule has 0 bridgehead atoms. The van der Waals surface area contributed by atoms with Crippen LogP contribution in [-0.4, -0.2) is 25.5 Å². The number of hydrogen-bond donors (Lipinski definition) is 1. The maximum absolute atomic E-state index is 13.0. The van der Waals surface area contributed by atoms with Crippen LogP contribution in [0.3, 0.4) is 0 Å². The highest BCUT2D eigenvalue weighted by Crippen LogP contribution is 2.45. The predicted octanol–water partition coefficient (Wildman–Crippen LogP) is 2.82. The van der Waals surface area contributed by atoms with Crippen LogP contribution >= 0.6 is 15.9 Å². The number of nitrogens with zero attached hydrogens (tertiary/aromatic N) is 4. The highest BCUT2D eigenvalue weighted by Gasteiger charge is 2.34. The van der Waals surface area contributed by atoms with Crippen LogP contribution in [0.1, 0.15) is 47.8 Å². The molecule has 2 heterocycles. The summed E-state index contributed by atoms with van der Waals surface area (Å²) in [6.07, 6.45) is 1.04. The van der Waals surface area contributed by atoms with E-state index in [1.807, 2.05) is 20.2 Å². The van der Waals surface area contributed by atoms with E-state index in [0.717, 1.165) is 24.1 Å². The van der Waals surface area contributed by atoms with Gasteiger partial charge in [0.05, 0.1) is 15.9 Å². The first-order valence-electron chi connectivity index (χ1n) is 7.67. The average Bonchev–Trinajstić information content (AvgIpc) is 3.20. The lowest BCUT2D eigenvalue weighted by molar-refractivity contribution is -0.122. The van der Waals surface area contributed by atoms with Crippen LogP contribution in [0.15, 0.2) is 10.7 Å². The van der Waals surface area contributed by atoms with Crippen molar-refractivity contribution in [2.75, 3.05) is 0 Å². The minimum atomic E-state index is -2.67. The van der Waals surface area contributed by atoms with Crippen molar-refractivity contribution in [2.45, 2.75) is 45.2 Å². The van der Waals surface area contributed by atoms with E-state index < -0.39 is 6.43 Å². The number of aromatic nitrogens is 4. The molecule has 2 aromatic rings. The van der Waals surface area contributed by atoms with Crippen LogP contribution in [-0.2, 0) is 24.9 Å². The molecule has 0 radical (unpaired) electrons. The zero-order chi connectivity index (χ0) is 17.4. The lowest BCUT2D eigenvalue weighted by Crippen LogP contribution is -2.28. The van der Waals surface area contributed by atoms with Gasteiger partial charge in [-0.1, -0.05) is 0 Å². The standard InChI is InChI=1S/C15H18BrF2N5O/c1-8-10(6-22(2)20-8)5-19-11(24)7-23-14(9-3-4-9)12(16)13(21-23)15(17)18/h6,9,15H,3-5,7H2,1-2H3,(H,19,24). The molecule has 0 aliphatic heterocycles. The molecule has 3 rings (SSSR count). The molecule has 0 saturated heterocycles. The van der Waals surface area contributed by atoms with E-state index in [1.165, 1.54) is 4.68 Å². The summed E-state index contributed by atoms with van der Waals surface area (Å²) >= 11 is 3.22. The van der Waals surface area contributed by atoms with Gasteiger partial charge in [0.1, 0.15) is 12.2 Å². The highest BCUT2D eigenvalue weighted by molar-refractivity contribution is 9.10. The number of carbonyl (C=O) groups is 1. The molecule has 1 fully saturated rings. The second-order valence-electron chi connectivity index (χ2n) is 6.01. The van der Waals surface area contributed by atoms with Crippen LogP contribution < -0.4 is 5.32 Å². The molecule has 1 saturated carbocycles. The zero-order valence-corrected chi connectivity index (χ0v) is 15.0. The third kappa shape index (κ3) is 3.50. The summed E-state index contributed by atoms with van der Waals surface area (Å²) in [4.78, 5) is 12.2. The van der Waals surface area contributed by atoms with E-state index in [1.54, 1.807) is 4.68 Å². The second kappa shape index (κ2) is 6.62. The first-order chi connectivity index (χ1) is 11.4. The van der Waals surface area contributed by atoms with E-state index in [9.17, 15) is 13.6 Å². The summed E-state index contributed by atoms with van der Waals surface area (Å²) in [5.74, 6) is -0.0660. The highest BCUT2D eigenvalue weighted by atomic mass is 79.9. The van der Waals surface area contributed by atoms with Gasteiger partial charge in [-0.25, -0.2) is 8.78 Å². The summed E-state index contributed by atoms with van der Waals surface area (Å²) in [6, 6.07) is 0. The lowest BCUT2D eigenvalue weighted by Gasteiger charge is -2.08. The van der Waals surface area contributed by atoms with E-state index in [2.05, 4.69) is 31.4 Å². The number of hydrogen-bond acceptors (Lipinski definition) is 3. The van der Waals surface area contributed by atoms with E-state index in [4.69, 9.17) is 0 Å². The van der Waals surface area contributed by atoms with Crippen molar-refractivity contribution in [3.05, 3.63) is 33.3 Å². The van der Waals surface area contributed by atoms with E-state index >= 15 is 0 Å². The number of amides is 1. The summed E-state index contributed by atoms with van der Waals surface area (Å²) in [6.45, 7) is 2.14. The van der Waals surface area contributed by atoms with Gasteiger partial charge in [0, 0.05) is 31.3 Å². The van der Waals surface area contributed by atoms with Gasteiger partial charge in [-0.2, -0.15) is 10.2 Å². The number of rotatable bonds is 6. The number of halogens is 3. The molecule has 0 unspecified atom stereocenters. The van der Waals surface area contributed by atoms with Crippen molar-refractivity contribution in [3.63, 3.8) is 0 Å². The van der Waals surface area contributed by atoms with Gasteiger partial charge in [0.15, 0.2) is 0 Å². The van der Waals surface area contributed by atoms with Crippen LogP contribution in [0.4, 0.5) is 8.78 Å². The molecule has 6 nitrogen and oxygen atoms in total. The maximum atomic E-state index is 13.0. The second-order valence-corrected chi connectivity index (χ2v) is 6.80. The summed E-state index contributed by atoms with van der Waals surface area (Å²) in [5.41, 5.74) is 2.16. The molecule has 1 amide bonds. The van der Waals surface area contributed by atoms with Gasteiger partial charge in [-0.3, -0.25) is 14.2 Å². The topological polar surface area (TPSA) is 64.7 Å². The molecule has 1 N–H and O–H groups in total. The van der Waals surface area contributed by atoms with Gasteiger partial charge in [-0.05, 0) is 35.7 Å². The Balaban J connectivity index is 1.70. The zero-order valence-electron chi connectivity index (χ0n) is 13.4. The van der Waals surface area contributed by atoms with Crippen LogP contribution in [0.5, 0.6) is 0 Å². The SMILES string of the molecule is Cc1nn(C)cc1CNC(=O)Cn1nc(C(F)F)c(Br)c1C1CC1. The Bertz CT molecular complexity index is 766. The molecule has 1 aliphatic carbocycles. The summed E-state index contributed by atoms with van der Waals surface area (Å²) in [5, 5.41) is 10.9.